The average Bonchev–Trinajstić information content (AvgIpc) is 2.53. The van der Waals surface area contributed by atoms with Crippen molar-refractivity contribution in [3.05, 3.63) is 40.2 Å². The fraction of sp³-hybridized carbons (Fsp3) is 0.526. The van der Waals surface area contributed by atoms with Gasteiger partial charge in [0, 0.05) is 6.07 Å². The zero-order valence-electron chi connectivity index (χ0n) is 16.1. The maximum absolute atomic E-state index is 14.3. The second-order valence-corrected chi connectivity index (χ2v) is 9.87. The van der Waals surface area contributed by atoms with Crippen LogP contribution in [0.5, 0.6) is 5.75 Å². The first kappa shape index (κ1) is 21.7. The molecule has 0 radical (unpaired) electrons. The SMILES string of the molecule is C[C@@H]1CC=C(COc2cc(F)c(C(=O)NS(C)(=O)=O)cc2Cl)[C@H](C)C1(C)C. The third-order valence-electron chi connectivity index (χ3n) is 5.61. The van der Waals surface area contributed by atoms with Gasteiger partial charge in [0.15, 0.2) is 0 Å². The minimum absolute atomic E-state index is 0.0340. The molecule has 0 spiro atoms. The van der Waals surface area contributed by atoms with Gasteiger partial charge in [-0.3, -0.25) is 4.79 Å². The molecule has 0 aromatic heterocycles. The molecule has 1 aromatic rings. The largest absolute Gasteiger partial charge is 0.488 e. The van der Waals surface area contributed by atoms with Crippen LogP contribution in [0.3, 0.4) is 0 Å². The van der Waals surface area contributed by atoms with E-state index in [0.717, 1.165) is 30.4 Å². The Morgan fingerprint density at radius 3 is 2.59 bits per heavy atom. The van der Waals surface area contributed by atoms with E-state index in [1.54, 1.807) is 4.72 Å². The molecular weight excluding hydrogens is 393 g/mol. The van der Waals surface area contributed by atoms with E-state index in [1.165, 1.54) is 0 Å². The van der Waals surface area contributed by atoms with Gasteiger partial charge >= 0.3 is 0 Å². The summed E-state index contributed by atoms with van der Waals surface area (Å²) < 4.78 is 44.0. The summed E-state index contributed by atoms with van der Waals surface area (Å²) in [6, 6.07) is 2.07. The summed E-state index contributed by atoms with van der Waals surface area (Å²) in [4.78, 5) is 11.9. The number of nitrogens with one attached hydrogen (secondary N) is 1. The lowest BCUT2D eigenvalue weighted by molar-refractivity contribution is 0.0977. The number of allylic oxidation sites excluding steroid dienone is 1. The highest BCUT2D eigenvalue weighted by molar-refractivity contribution is 7.89. The van der Waals surface area contributed by atoms with Crippen LogP contribution < -0.4 is 9.46 Å². The normalized spacial score (nSPS) is 22.1. The number of hydrogen-bond donors (Lipinski definition) is 1. The molecule has 0 heterocycles. The Morgan fingerprint density at radius 2 is 2.00 bits per heavy atom. The summed E-state index contributed by atoms with van der Waals surface area (Å²) in [6.45, 7) is 9.07. The summed E-state index contributed by atoms with van der Waals surface area (Å²) in [5, 5.41) is 0.0340. The molecule has 8 heteroatoms. The summed E-state index contributed by atoms with van der Waals surface area (Å²) in [5.74, 6) is -1.04. The minimum atomic E-state index is -3.81. The maximum atomic E-state index is 14.3. The van der Waals surface area contributed by atoms with Crippen LogP contribution in [0.25, 0.3) is 0 Å². The van der Waals surface area contributed by atoms with Crippen molar-refractivity contribution in [3.63, 3.8) is 0 Å². The lowest BCUT2D eigenvalue weighted by Gasteiger charge is -2.42. The zero-order valence-corrected chi connectivity index (χ0v) is 17.7. The Bertz CT molecular complexity index is 880. The summed E-state index contributed by atoms with van der Waals surface area (Å²) >= 11 is 6.11. The van der Waals surface area contributed by atoms with Gasteiger partial charge in [-0.1, -0.05) is 45.4 Å². The lowest BCUT2D eigenvalue weighted by Crippen LogP contribution is -2.35. The van der Waals surface area contributed by atoms with Crippen LogP contribution in [-0.2, 0) is 10.0 Å². The molecule has 1 aliphatic rings. The van der Waals surface area contributed by atoms with Gasteiger partial charge in [-0.2, -0.15) is 0 Å². The van der Waals surface area contributed by atoms with Crippen molar-refractivity contribution in [1.29, 1.82) is 0 Å². The lowest BCUT2D eigenvalue weighted by atomic mass is 9.64. The van der Waals surface area contributed by atoms with Crippen molar-refractivity contribution >= 4 is 27.5 Å². The van der Waals surface area contributed by atoms with E-state index < -0.39 is 27.3 Å². The molecule has 1 amide bonds. The fourth-order valence-corrected chi connectivity index (χ4v) is 3.76. The molecule has 0 bridgehead atoms. The van der Waals surface area contributed by atoms with Crippen LogP contribution in [0.1, 0.15) is 44.5 Å². The van der Waals surface area contributed by atoms with E-state index in [9.17, 15) is 17.6 Å². The second kappa shape index (κ2) is 7.80. The van der Waals surface area contributed by atoms with Crippen molar-refractivity contribution in [1.82, 2.24) is 4.72 Å². The van der Waals surface area contributed by atoms with E-state index in [4.69, 9.17) is 16.3 Å². The van der Waals surface area contributed by atoms with Crippen molar-refractivity contribution in [2.45, 2.75) is 34.1 Å². The number of sulfonamides is 1. The molecule has 0 saturated carbocycles. The highest BCUT2D eigenvalue weighted by atomic mass is 35.5. The molecule has 27 heavy (non-hydrogen) atoms. The van der Waals surface area contributed by atoms with Crippen LogP contribution in [0.4, 0.5) is 4.39 Å². The van der Waals surface area contributed by atoms with Crippen LogP contribution in [-0.4, -0.2) is 27.2 Å². The van der Waals surface area contributed by atoms with Gasteiger partial charge in [-0.25, -0.2) is 17.5 Å². The minimum Gasteiger partial charge on any atom is -0.488 e. The van der Waals surface area contributed by atoms with Gasteiger partial charge < -0.3 is 4.74 Å². The zero-order chi connectivity index (χ0) is 20.6. The predicted octanol–water partition coefficient (Wildman–Crippen LogP) is 4.18. The molecule has 2 rings (SSSR count). The van der Waals surface area contributed by atoms with E-state index in [-0.39, 0.29) is 22.8 Å². The molecule has 0 fully saturated rings. The van der Waals surface area contributed by atoms with Crippen LogP contribution in [0, 0.1) is 23.1 Å². The van der Waals surface area contributed by atoms with Crippen molar-refractivity contribution in [3.8, 4) is 5.75 Å². The topological polar surface area (TPSA) is 72.5 Å². The first-order valence-corrected chi connectivity index (χ1v) is 10.9. The molecule has 150 valence electrons. The van der Waals surface area contributed by atoms with Gasteiger partial charge in [0.05, 0.1) is 16.8 Å². The Hall–Kier alpha value is -1.60. The van der Waals surface area contributed by atoms with Gasteiger partial charge in [-0.15, -0.1) is 0 Å². The molecular formula is C19H25ClFNO4S. The highest BCUT2D eigenvalue weighted by Gasteiger charge is 2.36. The summed E-state index contributed by atoms with van der Waals surface area (Å²) in [6.07, 6.45) is 3.91. The van der Waals surface area contributed by atoms with Gasteiger partial charge in [-0.05, 0) is 35.3 Å². The highest BCUT2D eigenvalue weighted by Crippen LogP contribution is 2.44. The Balaban J connectivity index is 2.17. The van der Waals surface area contributed by atoms with E-state index in [1.807, 2.05) is 0 Å². The number of carbonyl (C=O) groups excluding carboxylic acids is 1. The average molecular weight is 418 g/mol. The summed E-state index contributed by atoms with van der Waals surface area (Å²) in [5.41, 5.74) is 0.780. The number of carbonyl (C=O) groups is 1. The van der Waals surface area contributed by atoms with Crippen molar-refractivity contribution in [2.24, 2.45) is 17.3 Å². The predicted molar refractivity (Wildman–Crippen MR) is 104 cm³/mol. The quantitative estimate of drug-likeness (QED) is 0.729. The maximum Gasteiger partial charge on any atom is 0.267 e. The number of amides is 1. The van der Waals surface area contributed by atoms with E-state index >= 15 is 0 Å². The molecule has 0 saturated heterocycles. The third-order valence-corrected chi connectivity index (χ3v) is 6.47. The van der Waals surface area contributed by atoms with Crippen molar-refractivity contribution < 1.29 is 22.3 Å². The van der Waals surface area contributed by atoms with Gasteiger partial charge in [0.1, 0.15) is 18.2 Å². The molecule has 0 unspecified atom stereocenters. The van der Waals surface area contributed by atoms with Gasteiger partial charge in [0.2, 0.25) is 10.0 Å². The molecule has 1 N–H and O–H groups in total. The standard InChI is InChI=1S/C19H25ClFNO4S/c1-11-6-7-13(12(2)19(11,3)4)10-26-17-9-16(21)14(8-15(17)20)18(23)22-27(5,24)25/h7-9,11-12H,6,10H2,1-5H3,(H,22,23)/t11-,12+/m1/s1. The number of hydrogen-bond acceptors (Lipinski definition) is 4. The first-order valence-electron chi connectivity index (χ1n) is 8.65. The molecule has 2 atom stereocenters. The second-order valence-electron chi connectivity index (χ2n) is 7.71. The van der Waals surface area contributed by atoms with Crippen LogP contribution >= 0.6 is 11.6 Å². The molecule has 5 nitrogen and oxygen atoms in total. The van der Waals surface area contributed by atoms with Crippen LogP contribution in [0.15, 0.2) is 23.8 Å². The van der Waals surface area contributed by atoms with E-state index in [2.05, 4.69) is 33.8 Å². The Morgan fingerprint density at radius 1 is 1.37 bits per heavy atom. The number of rotatable bonds is 5. The first-order chi connectivity index (χ1) is 12.3. The third kappa shape index (κ3) is 5.02. The fourth-order valence-electron chi connectivity index (χ4n) is 3.09. The number of halogens is 2. The molecule has 1 aromatic carbocycles. The molecule has 0 aliphatic heterocycles. The summed E-state index contributed by atoms with van der Waals surface area (Å²) in [7, 11) is -3.81. The number of ether oxygens (including phenoxy) is 1. The van der Waals surface area contributed by atoms with Crippen molar-refractivity contribution in [2.75, 3.05) is 12.9 Å². The Kier molecular flexibility index (Phi) is 6.26. The Labute approximate surface area is 165 Å². The van der Waals surface area contributed by atoms with E-state index in [0.29, 0.717) is 11.8 Å². The number of benzene rings is 1. The van der Waals surface area contributed by atoms with Crippen LogP contribution in [0.2, 0.25) is 5.02 Å². The smallest absolute Gasteiger partial charge is 0.267 e. The van der Waals surface area contributed by atoms with Gasteiger partial charge in [0.25, 0.3) is 5.91 Å². The monoisotopic (exact) mass is 417 g/mol. The molecule has 1 aliphatic carbocycles.